The summed E-state index contributed by atoms with van der Waals surface area (Å²) in [4.78, 5) is 0. The highest BCUT2D eigenvalue weighted by atomic mass is 15.0. The number of anilines is 1. The van der Waals surface area contributed by atoms with Crippen molar-refractivity contribution in [2.75, 3.05) is 5.73 Å². The van der Waals surface area contributed by atoms with Gasteiger partial charge in [-0.2, -0.15) is 0 Å². The molecule has 1 saturated carbocycles. The predicted octanol–water partition coefficient (Wildman–Crippen LogP) is 2.64. The van der Waals surface area contributed by atoms with Crippen LogP contribution in [0.5, 0.6) is 0 Å². The molecule has 0 aromatic heterocycles. The van der Waals surface area contributed by atoms with Crippen molar-refractivity contribution < 1.29 is 0 Å². The molecule has 1 fully saturated rings. The lowest BCUT2D eigenvalue weighted by atomic mass is 9.81. The summed E-state index contributed by atoms with van der Waals surface area (Å²) in [6.45, 7) is 2.33. The predicted molar refractivity (Wildman–Crippen MR) is 67.2 cm³/mol. The largest absolute Gasteiger partial charge is 0.399 e. The Bertz CT molecular complexity index is 394. The van der Waals surface area contributed by atoms with Gasteiger partial charge in [-0.3, -0.25) is 0 Å². The molecule has 1 aromatic rings. The Morgan fingerprint density at radius 1 is 1.31 bits per heavy atom. The Kier molecular flexibility index (Phi) is 2.40. The van der Waals surface area contributed by atoms with E-state index in [9.17, 15) is 0 Å². The van der Waals surface area contributed by atoms with E-state index in [0.29, 0.717) is 6.04 Å². The molecule has 2 aliphatic carbocycles. The number of fused-ring (bicyclic) bond motifs is 1. The van der Waals surface area contributed by atoms with E-state index in [2.05, 4.69) is 24.4 Å². The highest BCUT2D eigenvalue weighted by molar-refractivity contribution is 5.47. The molecular formula is C14H20N2. The maximum Gasteiger partial charge on any atom is 0.0328 e. The molecule has 0 spiro atoms. The van der Waals surface area contributed by atoms with Crippen LogP contribution in [-0.2, 0) is 6.42 Å². The first kappa shape index (κ1) is 10.2. The summed E-state index contributed by atoms with van der Waals surface area (Å²) in [7, 11) is 0. The number of rotatable bonds is 2. The average Bonchev–Trinajstić information content (AvgIpc) is 2.58. The molecule has 0 radical (unpaired) electrons. The van der Waals surface area contributed by atoms with Gasteiger partial charge in [-0.05, 0) is 54.9 Å². The van der Waals surface area contributed by atoms with Crippen LogP contribution in [0.2, 0.25) is 0 Å². The standard InChI is InChI=1S/C14H20N2/c1-9-6-12(7-9)16-14-5-2-10-8-11(15)3-4-13(10)14/h3-4,8-9,12,14,16H,2,5-7,15H2,1H3. The number of nitrogen functional groups attached to an aromatic ring is 1. The zero-order valence-corrected chi connectivity index (χ0v) is 9.87. The minimum Gasteiger partial charge on any atom is -0.399 e. The van der Waals surface area contributed by atoms with Gasteiger partial charge in [0, 0.05) is 17.8 Å². The number of aryl methyl sites for hydroxylation is 1. The molecule has 0 saturated heterocycles. The van der Waals surface area contributed by atoms with Gasteiger partial charge in [0.25, 0.3) is 0 Å². The molecule has 0 heterocycles. The van der Waals surface area contributed by atoms with Crippen molar-refractivity contribution in [3.63, 3.8) is 0 Å². The molecule has 3 N–H and O–H groups in total. The van der Waals surface area contributed by atoms with E-state index >= 15 is 0 Å². The van der Waals surface area contributed by atoms with Gasteiger partial charge in [0.15, 0.2) is 0 Å². The highest BCUT2D eigenvalue weighted by Crippen LogP contribution is 2.35. The fourth-order valence-electron chi connectivity index (χ4n) is 3.13. The number of nitrogens with one attached hydrogen (secondary N) is 1. The third-order valence-electron chi connectivity index (χ3n) is 4.06. The summed E-state index contributed by atoms with van der Waals surface area (Å²) in [6, 6.07) is 7.71. The van der Waals surface area contributed by atoms with E-state index in [0.717, 1.165) is 17.6 Å². The van der Waals surface area contributed by atoms with Crippen molar-refractivity contribution in [1.82, 2.24) is 5.32 Å². The first-order valence-corrected chi connectivity index (χ1v) is 6.36. The van der Waals surface area contributed by atoms with Gasteiger partial charge in [-0.1, -0.05) is 13.0 Å². The molecule has 0 amide bonds. The van der Waals surface area contributed by atoms with Crippen molar-refractivity contribution in [1.29, 1.82) is 0 Å². The van der Waals surface area contributed by atoms with Crippen LogP contribution in [-0.4, -0.2) is 6.04 Å². The second-order valence-electron chi connectivity index (χ2n) is 5.49. The normalized spacial score (nSPS) is 32.2. The molecule has 2 nitrogen and oxygen atoms in total. The first-order valence-electron chi connectivity index (χ1n) is 6.36. The molecule has 2 heteroatoms. The molecule has 1 unspecified atom stereocenters. The van der Waals surface area contributed by atoms with Gasteiger partial charge in [-0.25, -0.2) is 0 Å². The molecule has 0 aliphatic heterocycles. The topological polar surface area (TPSA) is 38.0 Å². The van der Waals surface area contributed by atoms with Gasteiger partial charge in [-0.15, -0.1) is 0 Å². The number of nitrogens with two attached hydrogens (primary N) is 1. The summed E-state index contributed by atoms with van der Waals surface area (Å²) in [6.07, 6.45) is 5.12. The zero-order chi connectivity index (χ0) is 11.1. The summed E-state index contributed by atoms with van der Waals surface area (Å²) in [5, 5.41) is 3.78. The summed E-state index contributed by atoms with van der Waals surface area (Å²) in [5.74, 6) is 0.921. The third-order valence-corrected chi connectivity index (χ3v) is 4.06. The van der Waals surface area contributed by atoms with E-state index in [1.165, 1.54) is 36.8 Å². The number of hydrogen-bond donors (Lipinski definition) is 2. The van der Waals surface area contributed by atoms with Crippen LogP contribution in [0.25, 0.3) is 0 Å². The SMILES string of the molecule is CC1CC(NC2CCc3cc(N)ccc32)C1. The van der Waals surface area contributed by atoms with E-state index in [1.54, 1.807) is 0 Å². The van der Waals surface area contributed by atoms with Crippen LogP contribution in [0.3, 0.4) is 0 Å². The van der Waals surface area contributed by atoms with Gasteiger partial charge in [0.1, 0.15) is 0 Å². The van der Waals surface area contributed by atoms with Gasteiger partial charge in [0.2, 0.25) is 0 Å². The van der Waals surface area contributed by atoms with Crippen molar-refractivity contribution in [2.45, 2.75) is 44.7 Å². The molecule has 1 aromatic carbocycles. The third kappa shape index (κ3) is 1.71. The monoisotopic (exact) mass is 216 g/mol. The fourth-order valence-corrected chi connectivity index (χ4v) is 3.13. The second-order valence-corrected chi connectivity index (χ2v) is 5.49. The molecule has 1 atom stereocenters. The number of hydrogen-bond acceptors (Lipinski definition) is 2. The molecule has 86 valence electrons. The van der Waals surface area contributed by atoms with Gasteiger partial charge in [0.05, 0.1) is 0 Å². The van der Waals surface area contributed by atoms with Crippen molar-refractivity contribution >= 4 is 5.69 Å². The van der Waals surface area contributed by atoms with Crippen molar-refractivity contribution in [3.05, 3.63) is 29.3 Å². The Balaban J connectivity index is 1.71. The maximum atomic E-state index is 5.81. The molecule has 3 rings (SSSR count). The smallest absolute Gasteiger partial charge is 0.0328 e. The van der Waals surface area contributed by atoms with E-state index < -0.39 is 0 Å². The van der Waals surface area contributed by atoms with Gasteiger partial charge >= 0.3 is 0 Å². The van der Waals surface area contributed by atoms with E-state index in [4.69, 9.17) is 5.73 Å². The number of benzene rings is 1. The van der Waals surface area contributed by atoms with Gasteiger partial charge < -0.3 is 11.1 Å². The van der Waals surface area contributed by atoms with Crippen LogP contribution in [0.4, 0.5) is 5.69 Å². The minimum absolute atomic E-state index is 0.577. The molecule has 16 heavy (non-hydrogen) atoms. The highest BCUT2D eigenvalue weighted by Gasteiger charge is 2.30. The average molecular weight is 216 g/mol. The van der Waals surface area contributed by atoms with Crippen LogP contribution in [0.15, 0.2) is 18.2 Å². The van der Waals surface area contributed by atoms with Crippen molar-refractivity contribution in [3.8, 4) is 0 Å². The summed E-state index contributed by atoms with van der Waals surface area (Å²) >= 11 is 0. The Hall–Kier alpha value is -1.02. The zero-order valence-electron chi connectivity index (χ0n) is 9.87. The Morgan fingerprint density at radius 2 is 2.12 bits per heavy atom. The quantitative estimate of drug-likeness (QED) is 0.746. The fraction of sp³-hybridized carbons (Fsp3) is 0.571. The lowest BCUT2D eigenvalue weighted by Gasteiger charge is -2.36. The molecule has 2 aliphatic rings. The van der Waals surface area contributed by atoms with Crippen LogP contribution >= 0.6 is 0 Å². The molecule has 0 bridgehead atoms. The molecular weight excluding hydrogens is 196 g/mol. The Labute approximate surface area is 97.2 Å². The minimum atomic E-state index is 0.577. The van der Waals surface area contributed by atoms with Crippen LogP contribution < -0.4 is 11.1 Å². The van der Waals surface area contributed by atoms with E-state index in [1.807, 2.05) is 6.07 Å². The lowest BCUT2D eigenvalue weighted by Crippen LogP contribution is -2.41. The lowest BCUT2D eigenvalue weighted by molar-refractivity contribution is 0.222. The second kappa shape index (κ2) is 3.77. The summed E-state index contributed by atoms with van der Waals surface area (Å²) < 4.78 is 0. The maximum absolute atomic E-state index is 5.81. The first-order chi connectivity index (χ1) is 7.72. The van der Waals surface area contributed by atoms with E-state index in [-0.39, 0.29) is 0 Å². The Morgan fingerprint density at radius 3 is 2.88 bits per heavy atom. The van der Waals surface area contributed by atoms with Crippen LogP contribution in [0, 0.1) is 5.92 Å². The van der Waals surface area contributed by atoms with Crippen LogP contribution in [0.1, 0.15) is 43.4 Å². The summed E-state index contributed by atoms with van der Waals surface area (Å²) in [5.41, 5.74) is 9.64. The van der Waals surface area contributed by atoms with Crippen molar-refractivity contribution in [2.24, 2.45) is 5.92 Å².